The molecule has 6 nitrogen and oxygen atoms in total. The number of hydrogen-bond donors (Lipinski definition) is 1. The van der Waals surface area contributed by atoms with Crippen LogP contribution in [0.25, 0.3) is 0 Å². The van der Waals surface area contributed by atoms with Crippen LogP contribution in [0.15, 0.2) is 24.3 Å². The summed E-state index contributed by atoms with van der Waals surface area (Å²) in [5, 5.41) is -0.804. The first-order valence-electron chi connectivity index (χ1n) is 7.89. The maximum atomic E-state index is 12.2. The fourth-order valence-electron chi connectivity index (χ4n) is 3.29. The van der Waals surface area contributed by atoms with E-state index < -0.39 is 25.1 Å². The summed E-state index contributed by atoms with van der Waals surface area (Å²) < 4.78 is 49.9. The molecular weight excluding hydrogens is 336 g/mol. The van der Waals surface area contributed by atoms with Crippen LogP contribution in [0.3, 0.4) is 0 Å². The Kier molecular flexibility index (Phi) is 4.66. The van der Waals surface area contributed by atoms with Gasteiger partial charge in [-0.2, -0.15) is 0 Å². The van der Waals surface area contributed by atoms with Crippen molar-refractivity contribution in [1.29, 1.82) is 0 Å². The Bertz CT molecular complexity index is 774. The van der Waals surface area contributed by atoms with Crippen LogP contribution < -0.4 is 9.62 Å². The Morgan fingerprint density at radius 3 is 2.78 bits per heavy atom. The van der Waals surface area contributed by atoms with E-state index in [0.29, 0.717) is 13.1 Å². The number of nitrogens with zero attached hydrogens (tertiary/aromatic N) is 1. The van der Waals surface area contributed by atoms with Gasteiger partial charge in [-0.15, -0.1) is 0 Å². The minimum atomic E-state index is -3.57. The summed E-state index contributed by atoms with van der Waals surface area (Å²) in [7, 11) is -6.76. The molecule has 0 saturated carbocycles. The van der Waals surface area contributed by atoms with Crippen LogP contribution in [0, 0.1) is 0 Å². The Hall–Kier alpha value is -1.12. The number of hydrogen-bond acceptors (Lipinski definition) is 5. The van der Waals surface area contributed by atoms with E-state index in [1.165, 1.54) is 11.3 Å². The van der Waals surface area contributed by atoms with Crippen LogP contribution >= 0.6 is 0 Å². The minimum absolute atomic E-state index is 0.0297. The Morgan fingerprint density at radius 2 is 2.04 bits per heavy atom. The number of benzene rings is 1. The summed E-state index contributed by atoms with van der Waals surface area (Å²) in [4.78, 5) is 2.19. The molecule has 0 spiro atoms. The van der Waals surface area contributed by atoms with Crippen LogP contribution in [-0.2, 0) is 26.3 Å². The fraction of sp³-hybridized carbons (Fsp3) is 0.600. The summed E-state index contributed by atoms with van der Waals surface area (Å²) in [5.74, 6) is -0.285. The summed E-state index contributed by atoms with van der Waals surface area (Å²) in [6, 6.07) is 8.18. The van der Waals surface area contributed by atoms with Crippen molar-refractivity contribution in [2.75, 3.05) is 36.0 Å². The standard InChI is InChI=1S/C15H22N2O4S2/c18-22(19)11-7-14(12-22)23(20,21)16-8-10-17-9-3-5-13-4-1-2-6-15(13)17/h1-2,4,6,14,16H,3,5,7-12H2. The minimum Gasteiger partial charge on any atom is -0.370 e. The van der Waals surface area contributed by atoms with E-state index in [2.05, 4.69) is 21.8 Å². The molecule has 1 fully saturated rings. The molecule has 0 aromatic heterocycles. The Morgan fingerprint density at radius 1 is 1.26 bits per heavy atom. The van der Waals surface area contributed by atoms with Crippen molar-refractivity contribution >= 4 is 25.5 Å². The second kappa shape index (κ2) is 6.41. The van der Waals surface area contributed by atoms with Gasteiger partial charge >= 0.3 is 0 Å². The lowest BCUT2D eigenvalue weighted by Crippen LogP contribution is -2.41. The highest BCUT2D eigenvalue weighted by Gasteiger charge is 2.36. The van der Waals surface area contributed by atoms with Gasteiger partial charge in [0.1, 0.15) is 0 Å². The number of aryl methyl sites for hydroxylation is 1. The monoisotopic (exact) mass is 358 g/mol. The van der Waals surface area contributed by atoms with E-state index in [4.69, 9.17) is 0 Å². The average Bonchev–Trinajstić information content (AvgIpc) is 2.88. The first-order chi connectivity index (χ1) is 10.9. The number of nitrogens with one attached hydrogen (secondary N) is 1. The zero-order valence-electron chi connectivity index (χ0n) is 12.9. The lowest BCUT2D eigenvalue weighted by Gasteiger charge is -2.31. The van der Waals surface area contributed by atoms with Gasteiger partial charge in [0.15, 0.2) is 9.84 Å². The smallest absolute Gasteiger partial charge is 0.215 e. The molecular formula is C15H22N2O4S2. The van der Waals surface area contributed by atoms with Crippen LogP contribution in [0.2, 0.25) is 0 Å². The maximum Gasteiger partial charge on any atom is 0.215 e. The fourth-order valence-corrected chi connectivity index (χ4v) is 7.36. The molecule has 0 amide bonds. The highest BCUT2D eigenvalue weighted by Crippen LogP contribution is 2.26. The summed E-state index contributed by atoms with van der Waals surface area (Å²) in [6.07, 6.45) is 2.31. The predicted octanol–water partition coefficient (Wildman–Crippen LogP) is 0.546. The van der Waals surface area contributed by atoms with Crippen molar-refractivity contribution in [3.05, 3.63) is 29.8 Å². The molecule has 8 heteroatoms. The van der Waals surface area contributed by atoms with Gasteiger partial charge in [-0.3, -0.25) is 0 Å². The summed E-state index contributed by atoms with van der Waals surface area (Å²) in [5.41, 5.74) is 2.46. The Labute approximate surface area is 137 Å². The summed E-state index contributed by atoms with van der Waals surface area (Å²) in [6.45, 7) is 1.81. The first kappa shape index (κ1) is 16.7. The van der Waals surface area contributed by atoms with E-state index in [1.807, 2.05) is 12.1 Å². The average molecular weight is 358 g/mol. The number of anilines is 1. The third-order valence-electron chi connectivity index (χ3n) is 4.52. The molecule has 2 aliphatic heterocycles. The zero-order valence-corrected chi connectivity index (χ0v) is 14.6. The van der Waals surface area contributed by atoms with E-state index in [1.54, 1.807) is 0 Å². The Balaban J connectivity index is 1.58. The quantitative estimate of drug-likeness (QED) is 0.831. The van der Waals surface area contributed by atoms with Gasteiger partial charge in [0.25, 0.3) is 0 Å². The van der Waals surface area contributed by atoms with Crippen molar-refractivity contribution in [2.45, 2.75) is 24.5 Å². The van der Waals surface area contributed by atoms with Crippen molar-refractivity contribution in [3.8, 4) is 0 Å². The third-order valence-corrected chi connectivity index (χ3v) is 8.39. The van der Waals surface area contributed by atoms with Gasteiger partial charge in [-0.05, 0) is 30.9 Å². The number of sulfone groups is 1. The predicted molar refractivity (Wildman–Crippen MR) is 91.0 cm³/mol. The molecule has 2 heterocycles. The highest BCUT2D eigenvalue weighted by atomic mass is 32.2. The SMILES string of the molecule is O=S1(=O)CCC(S(=O)(=O)NCCN2CCCc3ccccc32)C1. The molecule has 1 aromatic rings. The molecule has 128 valence electrons. The van der Waals surface area contributed by atoms with E-state index in [-0.39, 0.29) is 17.9 Å². The molecule has 2 aliphatic rings. The van der Waals surface area contributed by atoms with Crippen molar-refractivity contribution in [2.24, 2.45) is 0 Å². The number of sulfonamides is 1. The van der Waals surface area contributed by atoms with Crippen LogP contribution in [0.5, 0.6) is 0 Å². The largest absolute Gasteiger partial charge is 0.370 e. The molecule has 1 saturated heterocycles. The first-order valence-corrected chi connectivity index (χ1v) is 11.3. The normalized spacial score (nSPS) is 23.7. The topological polar surface area (TPSA) is 83.5 Å². The van der Waals surface area contributed by atoms with E-state index in [0.717, 1.165) is 19.4 Å². The highest BCUT2D eigenvalue weighted by molar-refractivity contribution is 7.95. The lowest BCUT2D eigenvalue weighted by molar-refractivity contribution is 0.566. The van der Waals surface area contributed by atoms with Crippen molar-refractivity contribution in [3.63, 3.8) is 0 Å². The van der Waals surface area contributed by atoms with Crippen molar-refractivity contribution < 1.29 is 16.8 Å². The molecule has 0 aliphatic carbocycles. The van der Waals surface area contributed by atoms with Gasteiger partial charge in [0.05, 0.1) is 16.8 Å². The number of rotatable bonds is 5. The van der Waals surface area contributed by atoms with Crippen LogP contribution in [0.1, 0.15) is 18.4 Å². The van der Waals surface area contributed by atoms with Gasteiger partial charge in [0.2, 0.25) is 10.0 Å². The third kappa shape index (κ3) is 3.87. The number of para-hydroxylation sites is 1. The number of fused-ring (bicyclic) bond motifs is 1. The molecule has 23 heavy (non-hydrogen) atoms. The molecule has 1 aromatic carbocycles. The zero-order chi connectivity index (χ0) is 16.5. The van der Waals surface area contributed by atoms with Gasteiger partial charge in [-0.1, -0.05) is 18.2 Å². The molecule has 0 radical (unpaired) electrons. The molecule has 1 unspecified atom stereocenters. The van der Waals surface area contributed by atoms with Gasteiger partial charge in [-0.25, -0.2) is 21.6 Å². The van der Waals surface area contributed by atoms with Gasteiger partial charge < -0.3 is 4.90 Å². The van der Waals surface area contributed by atoms with Gasteiger partial charge in [0, 0.05) is 25.3 Å². The molecule has 1 N–H and O–H groups in total. The van der Waals surface area contributed by atoms with Crippen molar-refractivity contribution in [1.82, 2.24) is 4.72 Å². The summed E-state index contributed by atoms with van der Waals surface area (Å²) >= 11 is 0. The molecule has 0 bridgehead atoms. The molecule has 3 rings (SSSR count). The maximum absolute atomic E-state index is 12.2. The van der Waals surface area contributed by atoms with E-state index in [9.17, 15) is 16.8 Å². The molecule has 1 atom stereocenters. The van der Waals surface area contributed by atoms with Crippen LogP contribution in [-0.4, -0.2) is 53.2 Å². The van der Waals surface area contributed by atoms with Crippen LogP contribution in [0.4, 0.5) is 5.69 Å². The second-order valence-corrected chi connectivity index (χ2v) is 10.5. The van der Waals surface area contributed by atoms with E-state index >= 15 is 0 Å². The lowest BCUT2D eigenvalue weighted by atomic mass is 10.0. The second-order valence-electron chi connectivity index (χ2n) is 6.18.